The molecule has 1 saturated carbocycles. The van der Waals surface area contributed by atoms with E-state index >= 15 is 0 Å². The van der Waals surface area contributed by atoms with Gasteiger partial charge in [-0.1, -0.05) is 0 Å². The van der Waals surface area contributed by atoms with Crippen molar-refractivity contribution in [3.8, 4) is 5.75 Å². The number of nitrogens with one attached hydrogen (secondary N) is 2. The quantitative estimate of drug-likeness (QED) is 0.529. The summed E-state index contributed by atoms with van der Waals surface area (Å²) >= 11 is 0. The molecule has 0 aliphatic heterocycles. The molecule has 0 saturated heterocycles. The molecule has 1 amide bonds. The van der Waals surface area contributed by atoms with Crippen LogP contribution in [-0.4, -0.2) is 58.3 Å². The van der Waals surface area contributed by atoms with Gasteiger partial charge in [0.1, 0.15) is 16.7 Å². The van der Waals surface area contributed by atoms with Crippen molar-refractivity contribution in [2.24, 2.45) is 0 Å². The van der Waals surface area contributed by atoms with Gasteiger partial charge in [0, 0.05) is 31.7 Å². The van der Waals surface area contributed by atoms with Gasteiger partial charge in [0.2, 0.25) is 10.0 Å². The molecule has 1 aliphatic rings. The Morgan fingerprint density at radius 2 is 2.00 bits per heavy atom. The highest BCUT2D eigenvalue weighted by Gasteiger charge is 2.30. The first-order valence-corrected chi connectivity index (χ1v) is 9.49. The molecule has 1 aliphatic carbocycles. The molecule has 10 heteroatoms. The molecule has 0 radical (unpaired) electrons. The van der Waals surface area contributed by atoms with Gasteiger partial charge >= 0.3 is 5.97 Å². The van der Waals surface area contributed by atoms with Gasteiger partial charge in [0.15, 0.2) is 0 Å². The minimum Gasteiger partial charge on any atom is -0.495 e. The van der Waals surface area contributed by atoms with Gasteiger partial charge in [-0.25, -0.2) is 17.9 Å². The first-order chi connectivity index (χ1) is 12.3. The topological polar surface area (TPSA) is 131 Å². The molecular weight excluding hydrogens is 364 g/mol. The van der Waals surface area contributed by atoms with E-state index in [1.807, 2.05) is 0 Å². The lowest BCUT2D eigenvalue weighted by molar-refractivity contribution is -0.139. The number of carboxylic acids is 1. The van der Waals surface area contributed by atoms with Crippen LogP contribution in [0, 0.1) is 0 Å². The Bertz CT molecular complexity index is 775. The van der Waals surface area contributed by atoms with Crippen molar-refractivity contribution >= 4 is 21.9 Å². The van der Waals surface area contributed by atoms with E-state index in [4.69, 9.17) is 9.47 Å². The third-order valence-corrected chi connectivity index (χ3v) is 5.37. The first kappa shape index (κ1) is 20.1. The van der Waals surface area contributed by atoms with Crippen LogP contribution in [0.2, 0.25) is 0 Å². The second-order valence-corrected chi connectivity index (χ2v) is 7.59. The number of sulfonamides is 1. The fourth-order valence-corrected chi connectivity index (χ4v) is 3.75. The summed E-state index contributed by atoms with van der Waals surface area (Å²) in [6.07, 6.45) is 1.62. The van der Waals surface area contributed by atoms with Crippen LogP contribution < -0.4 is 14.8 Å². The van der Waals surface area contributed by atoms with Gasteiger partial charge in [0.05, 0.1) is 7.11 Å². The number of amides is 1. The van der Waals surface area contributed by atoms with Crippen LogP contribution in [0.1, 0.15) is 29.6 Å². The van der Waals surface area contributed by atoms with Crippen molar-refractivity contribution in [1.82, 2.24) is 10.0 Å². The van der Waals surface area contributed by atoms with Crippen LogP contribution >= 0.6 is 0 Å². The van der Waals surface area contributed by atoms with Crippen LogP contribution in [0.4, 0.5) is 0 Å². The Balaban J connectivity index is 2.24. The summed E-state index contributed by atoms with van der Waals surface area (Å²) < 4.78 is 37.4. The van der Waals surface area contributed by atoms with Crippen LogP contribution in [-0.2, 0) is 19.6 Å². The molecule has 3 N–H and O–H groups in total. The average molecular weight is 386 g/mol. The summed E-state index contributed by atoms with van der Waals surface area (Å²) in [5.74, 6) is -1.80. The van der Waals surface area contributed by atoms with Crippen LogP contribution in [0.25, 0.3) is 0 Å². The highest BCUT2D eigenvalue weighted by molar-refractivity contribution is 7.89. The summed E-state index contributed by atoms with van der Waals surface area (Å²) in [6.45, 7) is 0.158. The average Bonchev–Trinajstić information content (AvgIpc) is 3.40. The molecule has 1 aromatic rings. The monoisotopic (exact) mass is 386 g/mol. The number of rotatable bonds is 10. The predicted molar refractivity (Wildman–Crippen MR) is 91.7 cm³/mol. The van der Waals surface area contributed by atoms with E-state index in [9.17, 15) is 23.1 Å². The zero-order valence-corrected chi connectivity index (χ0v) is 15.3. The van der Waals surface area contributed by atoms with Crippen LogP contribution in [0.15, 0.2) is 23.1 Å². The standard InChI is InChI=1S/C16H22N2O7S/c1-24-8-7-12(16(20)21)17-15(19)10-3-6-13(25-2)14(9-10)26(22,23)18-11-4-5-11/h3,6,9,11-12,18H,4-5,7-8H2,1-2H3,(H,17,19)(H,20,21). The number of benzene rings is 1. The summed E-state index contributed by atoms with van der Waals surface area (Å²) in [6, 6.07) is 2.66. The number of carbonyl (C=O) groups excluding carboxylic acids is 1. The molecule has 1 aromatic carbocycles. The Hall–Kier alpha value is -2.17. The Morgan fingerprint density at radius 1 is 1.31 bits per heavy atom. The SMILES string of the molecule is COCCC(NC(=O)c1ccc(OC)c(S(=O)(=O)NC2CC2)c1)C(=O)O. The van der Waals surface area contributed by atoms with E-state index in [1.54, 1.807) is 0 Å². The molecule has 0 spiro atoms. The van der Waals surface area contributed by atoms with Crippen LogP contribution in [0.3, 0.4) is 0 Å². The molecule has 1 unspecified atom stereocenters. The predicted octanol–water partition coefficient (Wildman–Crippen LogP) is 0.355. The minimum atomic E-state index is -3.85. The first-order valence-electron chi connectivity index (χ1n) is 8.01. The second-order valence-electron chi connectivity index (χ2n) is 5.91. The number of aliphatic carboxylic acids is 1. The number of methoxy groups -OCH3 is 2. The molecule has 1 atom stereocenters. The van der Waals surface area contributed by atoms with Crippen molar-refractivity contribution in [3.05, 3.63) is 23.8 Å². The fraction of sp³-hybridized carbons (Fsp3) is 0.500. The maximum absolute atomic E-state index is 12.5. The largest absolute Gasteiger partial charge is 0.495 e. The lowest BCUT2D eigenvalue weighted by Crippen LogP contribution is -2.41. The summed E-state index contributed by atoms with van der Waals surface area (Å²) in [7, 11) is -1.09. The van der Waals surface area contributed by atoms with Gasteiger partial charge in [-0.2, -0.15) is 0 Å². The molecular formula is C16H22N2O7S. The van der Waals surface area contributed by atoms with Crippen LogP contribution in [0.5, 0.6) is 5.75 Å². The number of hydrogen-bond acceptors (Lipinski definition) is 6. The second kappa shape index (κ2) is 8.47. The van der Waals surface area contributed by atoms with Gasteiger partial charge in [-0.05, 0) is 31.0 Å². The van der Waals surface area contributed by atoms with Crippen molar-refractivity contribution in [1.29, 1.82) is 0 Å². The van der Waals surface area contributed by atoms with E-state index in [-0.39, 0.29) is 35.3 Å². The van der Waals surface area contributed by atoms with Crippen molar-refractivity contribution in [2.45, 2.75) is 36.2 Å². The molecule has 0 heterocycles. The van der Waals surface area contributed by atoms with Gasteiger partial charge < -0.3 is 19.9 Å². The van der Waals surface area contributed by atoms with Crippen molar-refractivity contribution in [3.63, 3.8) is 0 Å². The highest BCUT2D eigenvalue weighted by atomic mass is 32.2. The fourth-order valence-electron chi connectivity index (χ4n) is 2.25. The zero-order chi connectivity index (χ0) is 19.3. The summed E-state index contributed by atoms with van der Waals surface area (Å²) in [5, 5.41) is 11.5. The molecule has 2 rings (SSSR count). The van der Waals surface area contributed by atoms with E-state index < -0.39 is 27.9 Å². The maximum Gasteiger partial charge on any atom is 0.326 e. The number of carboxylic acid groups (broad SMARTS) is 1. The van der Waals surface area contributed by atoms with Gasteiger partial charge in [-0.3, -0.25) is 4.79 Å². The van der Waals surface area contributed by atoms with E-state index in [0.717, 1.165) is 12.8 Å². The molecule has 0 bridgehead atoms. The van der Waals surface area contributed by atoms with Crippen molar-refractivity contribution < 1.29 is 32.6 Å². The molecule has 1 fully saturated rings. The molecule has 0 aromatic heterocycles. The van der Waals surface area contributed by atoms with Gasteiger partial charge in [-0.15, -0.1) is 0 Å². The van der Waals surface area contributed by atoms with E-state index in [0.29, 0.717) is 0 Å². The molecule has 144 valence electrons. The molecule has 26 heavy (non-hydrogen) atoms. The maximum atomic E-state index is 12.5. The number of carbonyl (C=O) groups is 2. The lowest BCUT2D eigenvalue weighted by Gasteiger charge is -2.15. The van der Waals surface area contributed by atoms with Crippen molar-refractivity contribution in [2.75, 3.05) is 20.8 Å². The van der Waals surface area contributed by atoms with Gasteiger partial charge in [0.25, 0.3) is 5.91 Å². The number of hydrogen-bond donors (Lipinski definition) is 3. The normalized spacial score (nSPS) is 15.3. The Labute approximate surface area is 151 Å². The third-order valence-electron chi connectivity index (χ3n) is 3.83. The number of ether oxygens (including phenoxy) is 2. The smallest absolute Gasteiger partial charge is 0.326 e. The minimum absolute atomic E-state index is 0.0191. The van der Waals surface area contributed by atoms with E-state index in [1.165, 1.54) is 32.4 Å². The summed E-state index contributed by atoms with van der Waals surface area (Å²) in [4.78, 5) is 23.4. The molecule has 9 nitrogen and oxygen atoms in total. The lowest BCUT2D eigenvalue weighted by atomic mass is 10.1. The zero-order valence-electron chi connectivity index (χ0n) is 14.5. The van der Waals surface area contributed by atoms with E-state index in [2.05, 4.69) is 10.0 Å². The summed E-state index contributed by atoms with van der Waals surface area (Å²) in [5.41, 5.74) is 0.0191. The third kappa shape index (κ3) is 5.16. The Morgan fingerprint density at radius 3 is 2.54 bits per heavy atom. The Kier molecular flexibility index (Phi) is 6.57. The highest BCUT2D eigenvalue weighted by Crippen LogP contribution is 2.28.